The van der Waals surface area contributed by atoms with Crippen molar-refractivity contribution in [3.05, 3.63) is 101 Å². The Hall–Kier alpha value is -4.70. The van der Waals surface area contributed by atoms with Crippen LogP contribution >= 0.6 is 11.3 Å². The Morgan fingerprint density at radius 2 is 1.76 bits per heavy atom. The first-order valence-electron chi connectivity index (χ1n) is 11.7. The average Bonchev–Trinajstić information content (AvgIpc) is 3.68. The highest BCUT2D eigenvalue weighted by molar-refractivity contribution is 7.13. The lowest BCUT2D eigenvalue weighted by Crippen LogP contribution is -2.25. The van der Waals surface area contributed by atoms with Crippen molar-refractivity contribution in [1.82, 2.24) is 14.8 Å². The predicted octanol–water partition coefficient (Wildman–Crippen LogP) is 5.22. The molecule has 192 valence electrons. The summed E-state index contributed by atoms with van der Waals surface area (Å²) >= 11 is 1.46. The number of aromatic nitrogens is 3. The van der Waals surface area contributed by atoms with Crippen LogP contribution in [0, 0.1) is 5.92 Å². The molecule has 0 aliphatic carbocycles. The number of rotatable bonds is 11. The van der Waals surface area contributed by atoms with Gasteiger partial charge in [0.25, 0.3) is 0 Å². The number of hydrogen-bond donors (Lipinski definition) is 2. The first-order chi connectivity index (χ1) is 18.5. The number of benzene rings is 2. The molecule has 0 aliphatic rings. The van der Waals surface area contributed by atoms with Gasteiger partial charge in [-0.1, -0.05) is 36.4 Å². The molecule has 5 aromatic rings. The van der Waals surface area contributed by atoms with E-state index in [1.54, 1.807) is 17.1 Å². The molecular formula is C28H23N3O6S. The van der Waals surface area contributed by atoms with Crippen LogP contribution in [0.15, 0.2) is 89.0 Å². The van der Waals surface area contributed by atoms with Crippen LogP contribution in [0.5, 0.6) is 5.75 Å². The summed E-state index contributed by atoms with van der Waals surface area (Å²) in [6.45, 7) is 0.684. The van der Waals surface area contributed by atoms with Gasteiger partial charge in [0.15, 0.2) is 5.92 Å². The lowest BCUT2D eigenvalue weighted by molar-refractivity contribution is -0.154. The molecule has 3 aromatic heterocycles. The third kappa shape index (κ3) is 5.81. The van der Waals surface area contributed by atoms with E-state index in [9.17, 15) is 19.8 Å². The summed E-state index contributed by atoms with van der Waals surface area (Å²) in [7, 11) is 0. The highest BCUT2D eigenvalue weighted by Crippen LogP contribution is 2.29. The van der Waals surface area contributed by atoms with Gasteiger partial charge in [0.05, 0.1) is 11.4 Å². The third-order valence-electron chi connectivity index (χ3n) is 5.84. The molecule has 10 heteroatoms. The van der Waals surface area contributed by atoms with Gasteiger partial charge < -0.3 is 19.4 Å². The van der Waals surface area contributed by atoms with Crippen molar-refractivity contribution < 1.29 is 29.0 Å². The van der Waals surface area contributed by atoms with Crippen LogP contribution < -0.4 is 4.74 Å². The molecule has 0 unspecified atom stereocenters. The van der Waals surface area contributed by atoms with Crippen molar-refractivity contribution in [3.63, 3.8) is 0 Å². The topological polar surface area (TPSA) is 128 Å². The summed E-state index contributed by atoms with van der Waals surface area (Å²) in [4.78, 5) is 28.2. The maximum atomic E-state index is 11.5. The molecule has 0 bridgehead atoms. The number of ether oxygens (including phenoxy) is 1. The molecule has 0 fully saturated rings. The zero-order chi connectivity index (χ0) is 26.5. The third-order valence-corrected chi connectivity index (χ3v) is 6.72. The number of carboxylic acid groups (broad SMARTS) is 2. The summed E-state index contributed by atoms with van der Waals surface area (Å²) in [5.74, 6) is -3.08. The van der Waals surface area contributed by atoms with E-state index in [1.807, 2.05) is 72.1 Å². The van der Waals surface area contributed by atoms with Crippen molar-refractivity contribution in [2.75, 3.05) is 0 Å². The van der Waals surface area contributed by atoms with Gasteiger partial charge >= 0.3 is 11.9 Å². The number of aliphatic carboxylic acids is 2. The van der Waals surface area contributed by atoms with Gasteiger partial charge in [0, 0.05) is 23.7 Å². The van der Waals surface area contributed by atoms with E-state index in [1.165, 1.54) is 11.3 Å². The summed E-state index contributed by atoms with van der Waals surface area (Å²) in [5, 5.41) is 25.2. The van der Waals surface area contributed by atoms with Crippen LogP contribution in [0.3, 0.4) is 0 Å². The fraction of sp³-hybridized carbons (Fsp3) is 0.143. The zero-order valence-corrected chi connectivity index (χ0v) is 20.9. The molecule has 5 rings (SSSR count). The second kappa shape index (κ2) is 11.1. The fourth-order valence-corrected chi connectivity index (χ4v) is 4.68. The number of oxazole rings is 1. The maximum absolute atomic E-state index is 11.5. The first-order valence-corrected chi connectivity index (χ1v) is 12.6. The van der Waals surface area contributed by atoms with Crippen molar-refractivity contribution in [1.29, 1.82) is 0 Å². The molecular weight excluding hydrogens is 506 g/mol. The Balaban J connectivity index is 1.25. The van der Waals surface area contributed by atoms with Gasteiger partial charge in [-0.3, -0.25) is 14.3 Å². The number of thiophene rings is 1. The van der Waals surface area contributed by atoms with E-state index in [-0.39, 0.29) is 13.0 Å². The van der Waals surface area contributed by atoms with Gasteiger partial charge in [0.1, 0.15) is 30.0 Å². The Morgan fingerprint density at radius 1 is 1.00 bits per heavy atom. The maximum Gasteiger partial charge on any atom is 0.318 e. The van der Waals surface area contributed by atoms with Gasteiger partial charge in [-0.25, -0.2) is 4.98 Å². The highest BCUT2D eigenvalue weighted by atomic mass is 32.1. The van der Waals surface area contributed by atoms with Crippen LogP contribution in [0.4, 0.5) is 0 Å². The Bertz CT molecular complexity index is 1510. The van der Waals surface area contributed by atoms with Crippen LogP contribution in [-0.2, 0) is 29.2 Å². The van der Waals surface area contributed by atoms with Crippen LogP contribution in [0.1, 0.15) is 16.8 Å². The van der Waals surface area contributed by atoms with Gasteiger partial charge in [-0.05, 0) is 41.3 Å². The Kier molecular flexibility index (Phi) is 7.32. The second-order valence-electron chi connectivity index (χ2n) is 8.55. The van der Waals surface area contributed by atoms with Gasteiger partial charge in [0.2, 0.25) is 5.89 Å². The smallest absolute Gasteiger partial charge is 0.318 e. The summed E-state index contributed by atoms with van der Waals surface area (Å²) in [6.07, 6.45) is 3.14. The second-order valence-corrected chi connectivity index (χ2v) is 9.50. The molecule has 0 saturated heterocycles. The molecule has 9 nitrogen and oxygen atoms in total. The number of hydrogen-bond acceptors (Lipinski definition) is 7. The number of nitrogens with zero attached hydrogens (tertiary/aromatic N) is 3. The Morgan fingerprint density at radius 3 is 2.45 bits per heavy atom. The van der Waals surface area contributed by atoms with Crippen LogP contribution in [0.25, 0.3) is 22.0 Å². The van der Waals surface area contributed by atoms with E-state index in [2.05, 4.69) is 10.1 Å². The van der Waals surface area contributed by atoms with E-state index >= 15 is 0 Å². The monoisotopic (exact) mass is 529 g/mol. The average molecular weight is 530 g/mol. The fourth-order valence-electron chi connectivity index (χ4n) is 3.94. The molecule has 38 heavy (non-hydrogen) atoms. The molecule has 0 amide bonds. The molecule has 3 heterocycles. The van der Waals surface area contributed by atoms with E-state index < -0.39 is 17.9 Å². The van der Waals surface area contributed by atoms with Crippen LogP contribution in [-0.4, -0.2) is 36.9 Å². The molecule has 2 aromatic carbocycles. The zero-order valence-electron chi connectivity index (χ0n) is 20.1. The minimum absolute atomic E-state index is 0.154. The predicted molar refractivity (Wildman–Crippen MR) is 140 cm³/mol. The van der Waals surface area contributed by atoms with E-state index in [4.69, 9.17) is 9.15 Å². The lowest BCUT2D eigenvalue weighted by Gasteiger charge is -2.07. The van der Waals surface area contributed by atoms with Gasteiger partial charge in [-0.15, -0.1) is 11.3 Å². The lowest BCUT2D eigenvalue weighted by atomic mass is 9.99. The molecule has 0 aliphatic heterocycles. The van der Waals surface area contributed by atoms with Crippen molar-refractivity contribution in [2.24, 2.45) is 5.92 Å². The van der Waals surface area contributed by atoms with E-state index in [0.29, 0.717) is 35.1 Å². The Labute approximate surface area is 221 Å². The molecule has 2 N–H and O–H groups in total. The normalized spacial score (nSPS) is 11.1. The van der Waals surface area contributed by atoms with Crippen molar-refractivity contribution in [3.8, 4) is 27.8 Å². The van der Waals surface area contributed by atoms with Crippen LogP contribution in [0.2, 0.25) is 0 Å². The minimum atomic E-state index is -1.55. The van der Waals surface area contributed by atoms with Crippen molar-refractivity contribution in [2.45, 2.75) is 19.6 Å². The molecule has 0 atom stereocenters. The first kappa shape index (κ1) is 25.0. The molecule has 0 radical (unpaired) electrons. The SMILES string of the molecule is O=C(O)C(Cc1cn(Cc2ccc(OCc3coc(-c4ccccc4)n3)cc2)nc1-c1cccs1)C(=O)O. The standard InChI is InChI=1S/C28H23N3O6S/c32-27(33)23(28(34)35)13-20-15-31(30-25(20)24-7-4-12-38-24)14-18-8-10-22(11-9-18)36-16-21-17-37-26(29-21)19-5-2-1-3-6-19/h1-12,15,17,23H,13-14,16H2,(H,32,33)(H,34,35). The molecule has 0 spiro atoms. The van der Waals surface area contributed by atoms with Crippen molar-refractivity contribution >= 4 is 23.3 Å². The van der Waals surface area contributed by atoms with Gasteiger partial charge in [-0.2, -0.15) is 5.10 Å². The largest absolute Gasteiger partial charge is 0.487 e. The number of carboxylic acids is 2. The summed E-state index contributed by atoms with van der Waals surface area (Å²) in [6, 6.07) is 20.9. The summed E-state index contributed by atoms with van der Waals surface area (Å²) in [5.41, 5.74) is 3.69. The summed E-state index contributed by atoms with van der Waals surface area (Å²) < 4.78 is 13.1. The number of carbonyl (C=O) groups is 2. The highest BCUT2D eigenvalue weighted by Gasteiger charge is 2.28. The quantitative estimate of drug-likeness (QED) is 0.223. The molecule has 0 saturated carbocycles. The minimum Gasteiger partial charge on any atom is -0.487 e. The van der Waals surface area contributed by atoms with E-state index in [0.717, 1.165) is 16.0 Å².